The molecule has 0 spiro atoms. The molecule has 29 heavy (non-hydrogen) atoms. The highest BCUT2D eigenvalue weighted by Crippen LogP contribution is 2.38. The van der Waals surface area contributed by atoms with Gasteiger partial charge in [0.15, 0.2) is 5.82 Å². The van der Waals surface area contributed by atoms with Crippen LogP contribution < -0.4 is 9.64 Å². The second kappa shape index (κ2) is 9.46. The van der Waals surface area contributed by atoms with E-state index in [4.69, 9.17) is 4.74 Å². The Morgan fingerprint density at radius 1 is 1.00 bits per heavy atom. The number of aromatic nitrogens is 2. The number of halogens is 3. The van der Waals surface area contributed by atoms with E-state index in [0.717, 1.165) is 19.0 Å². The normalized spacial score (nSPS) is 12.1. The van der Waals surface area contributed by atoms with Crippen LogP contribution >= 0.6 is 0 Å². The summed E-state index contributed by atoms with van der Waals surface area (Å²) in [6.07, 6.45) is 1.88. The third-order valence-corrected chi connectivity index (χ3v) is 4.41. The number of anilines is 2. The van der Waals surface area contributed by atoms with Crippen LogP contribution in [0.4, 0.5) is 24.7 Å². The molecule has 0 aliphatic carbocycles. The zero-order chi connectivity index (χ0) is 21.7. The number of benzene rings is 1. The number of nitrogens with zero attached hydrogens (tertiary/aromatic N) is 3. The monoisotopic (exact) mass is 409 g/mol. The quantitative estimate of drug-likeness (QED) is 0.463. The molecule has 0 saturated heterocycles. The van der Waals surface area contributed by atoms with E-state index in [-0.39, 0.29) is 11.8 Å². The Balaban J connectivity index is 2.27. The molecule has 2 aromatic rings. The molecule has 0 aliphatic heterocycles. The van der Waals surface area contributed by atoms with E-state index in [1.807, 2.05) is 24.3 Å². The van der Waals surface area contributed by atoms with Crippen molar-refractivity contribution in [3.8, 4) is 6.01 Å². The molecule has 0 unspecified atom stereocenters. The Morgan fingerprint density at radius 3 is 2.21 bits per heavy atom. The average molecular weight is 409 g/mol. The summed E-state index contributed by atoms with van der Waals surface area (Å²) in [7, 11) is 1.56. The maximum Gasteiger partial charge on any atom is 0.421 e. The standard InChI is InChI=1S/C22H30F3N3O/c1-6-7-8-9-10-16-11-13-17(14-12-16)28(5)19-18(22(23,24)25)15-26-20(27-19)29-21(2,3)4/h11-15H,6-10H2,1-5H3. The minimum atomic E-state index is -4.57. The lowest BCUT2D eigenvalue weighted by Gasteiger charge is -2.24. The van der Waals surface area contributed by atoms with Crippen LogP contribution in [0.25, 0.3) is 0 Å². The Kier molecular flexibility index (Phi) is 7.49. The van der Waals surface area contributed by atoms with Crippen molar-refractivity contribution in [3.63, 3.8) is 0 Å². The maximum absolute atomic E-state index is 13.5. The fourth-order valence-electron chi connectivity index (χ4n) is 2.90. The van der Waals surface area contributed by atoms with Crippen LogP contribution in [-0.2, 0) is 12.6 Å². The minimum Gasteiger partial charge on any atom is -0.458 e. The molecule has 0 aliphatic rings. The van der Waals surface area contributed by atoms with Crippen molar-refractivity contribution in [2.45, 2.75) is 71.6 Å². The molecule has 0 fully saturated rings. The summed E-state index contributed by atoms with van der Waals surface area (Å²) in [5.74, 6) is -0.234. The number of hydrogen-bond donors (Lipinski definition) is 0. The lowest BCUT2D eigenvalue weighted by molar-refractivity contribution is -0.137. The number of rotatable bonds is 8. The van der Waals surface area contributed by atoms with Gasteiger partial charge < -0.3 is 9.64 Å². The van der Waals surface area contributed by atoms with Gasteiger partial charge in [-0.2, -0.15) is 18.2 Å². The van der Waals surface area contributed by atoms with Crippen LogP contribution in [0.1, 0.15) is 64.5 Å². The summed E-state index contributed by atoms with van der Waals surface area (Å²) < 4.78 is 46.1. The van der Waals surface area contributed by atoms with Gasteiger partial charge in [0.05, 0.1) is 0 Å². The number of hydrogen-bond acceptors (Lipinski definition) is 4. The molecule has 0 N–H and O–H groups in total. The summed E-state index contributed by atoms with van der Waals surface area (Å²) in [4.78, 5) is 9.23. The molecule has 0 atom stereocenters. The molecule has 0 bridgehead atoms. The third-order valence-electron chi connectivity index (χ3n) is 4.41. The molecular formula is C22H30F3N3O. The van der Waals surface area contributed by atoms with Gasteiger partial charge in [0, 0.05) is 18.9 Å². The number of aryl methyl sites for hydroxylation is 1. The molecule has 7 heteroatoms. The fourth-order valence-corrected chi connectivity index (χ4v) is 2.90. The SMILES string of the molecule is CCCCCCc1ccc(N(C)c2nc(OC(C)(C)C)ncc2C(F)(F)F)cc1. The van der Waals surface area contributed by atoms with Crippen molar-refractivity contribution < 1.29 is 17.9 Å². The van der Waals surface area contributed by atoms with Gasteiger partial charge in [-0.15, -0.1) is 0 Å². The second-order valence-electron chi connectivity index (χ2n) is 8.14. The first-order valence-electron chi connectivity index (χ1n) is 9.97. The summed E-state index contributed by atoms with van der Waals surface area (Å²) in [5, 5.41) is 0. The molecule has 0 amide bonds. The van der Waals surface area contributed by atoms with Crippen molar-refractivity contribution in [2.75, 3.05) is 11.9 Å². The number of alkyl halides is 3. The first kappa shape index (κ1) is 23.0. The molecule has 0 radical (unpaired) electrons. The summed E-state index contributed by atoms with van der Waals surface area (Å²) >= 11 is 0. The largest absolute Gasteiger partial charge is 0.458 e. The van der Waals surface area contributed by atoms with Crippen LogP contribution in [0, 0.1) is 0 Å². The fraction of sp³-hybridized carbons (Fsp3) is 0.545. The van der Waals surface area contributed by atoms with Crippen LogP contribution in [0.15, 0.2) is 30.5 Å². The van der Waals surface area contributed by atoms with E-state index >= 15 is 0 Å². The zero-order valence-electron chi connectivity index (χ0n) is 17.8. The van der Waals surface area contributed by atoms with Crippen molar-refractivity contribution in [1.29, 1.82) is 0 Å². The lowest BCUT2D eigenvalue weighted by atomic mass is 10.1. The van der Waals surface area contributed by atoms with Crippen molar-refractivity contribution >= 4 is 11.5 Å². The molecule has 1 aromatic carbocycles. The highest BCUT2D eigenvalue weighted by atomic mass is 19.4. The van der Waals surface area contributed by atoms with Gasteiger partial charge in [-0.1, -0.05) is 38.3 Å². The van der Waals surface area contributed by atoms with E-state index in [2.05, 4.69) is 16.9 Å². The molecular weight excluding hydrogens is 379 g/mol. The Hall–Kier alpha value is -2.31. The van der Waals surface area contributed by atoms with Gasteiger partial charge in [-0.3, -0.25) is 0 Å². The first-order chi connectivity index (χ1) is 13.5. The molecule has 0 saturated carbocycles. The predicted octanol–water partition coefficient (Wildman–Crippen LogP) is 6.56. The van der Waals surface area contributed by atoms with Gasteiger partial charge in [0.25, 0.3) is 0 Å². The second-order valence-corrected chi connectivity index (χ2v) is 8.14. The van der Waals surface area contributed by atoms with Gasteiger partial charge in [0.2, 0.25) is 0 Å². The summed E-state index contributed by atoms with van der Waals surface area (Å²) in [6, 6.07) is 7.47. The van der Waals surface area contributed by atoms with E-state index in [1.165, 1.54) is 29.7 Å². The van der Waals surface area contributed by atoms with Crippen LogP contribution in [0.5, 0.6) is 6.01 Å². The van der Waals surface area contributed by atoms with Crippen LogP contribution in [0.2, 0.25) is 0 Å². The summed E-state index contributed by atoms with van der Waals surface area (Å²) in [5.41, 5.74) is 0.279. The smallest absolute Gasteiger partial charge is 0.421 e. The molecule has 4 nitrogen and oxygen atoms in total. The number of ether oxygens (including phenoxy) is 1. The predicted molar refractivity (Wildman–Crippen MR) is 110 cm³/mol. The van der Waals surface area contributed by atoms with Crippen LogP contribution in [-0.4, -0.2) is 22.6 Å². The lowest BCUT2D eigenvalue weighted by Crippen LogP contribution is -2.26. The van der Waals surface area contributed by atoms with E-state index in [1.54, 1.807) is 27.8 Å². The zero-order valence-corrected chi connectivity index (χ0v) is 17.8. The topological polar surface area (TPSA) is 38.2 Å². The van der Waals surface area contributed by atoms with Crippen molar-refractivity contribution in [1.82, 2.24) is 9.97 Å². The highest BCUT2D eigenvalue weighted by Gasteiger charge is 2.37. The van der Waals surface area contributed by atoms with Crippen molar-refractivity contribution in [2.24, 2.45) is 0 Å². The van der Waals surface area contributed by atoms with E-state index in [9.17, 15) is 13.2 Å². The molecule has 2 rings (SSSR count). The Bertz CT molecular complexity index is 783. The average Bonchev–Trinajstić information content (AvgIpc) is 2.63. The molecule has 1 heterocycles. The van der Waals surface area contributed by atoms with Crippen LogP contribution in [0.3, 0.4) is 0 Å². The third kappa shape index (κ3) is 6.91. The van der Waals surface area contributed by atoms with Crippen molar-refractivity contribution in [3.05, 3.63) is 41.6 Å². The highest BCUT2D eigenvalue weighted by molar-refractivity contribution is 5.63. The van der Waals surface area contributed by atoms with Gasteiger partial charge in [-0.25, -0.2) is 4.98 Å². The Labute approximate surface area is 171 Å². The minimum absolute atomic E-state index is 0.0834. The van der Waals surface area contributed by atoms with Gasteiger partial charge >= 0.3 is 12.2 Å². The van der Waals surface area contributed by atoms with E-state index in [0.29, 0.717) is 5.69 Å². The summed E-state index contributed by atoms with van der Waals surface area (Å²) in [6.45, 7) is 7.54. The van der Waals surface area contributed by atoms with E-state index < -0.39 is 17.3 Å². The Morgan fingerprint density at radius 2 is 1.66 bits per heavy atom. The molecule has 1 aromatic heterocycles. The van der Waals surface area contributed by atoms with Gasteiger partial charge in [0.1, 0.15) is 11.2 Å². The number of unbranched alkanes of at least 4 members (excludes halogenated alkanes) is 3. The maximum atomic E-state index is 13.5. The molecule has 160 valence electrons. The first-order valence-corrected chi connectivity index (χ1v) is 9.97. The van der Waals surface area contributed by atoms with Gasteiger partial charge in [-0.05, 0) is 51.3 Å².